The highest BCUT2D eigenvalue weighted by molar-refractivity contribution is 7.59. The van der Waals surface area contributed by atoms with Gasteiger partial charge in [0.2, 0.25) is 29.5 Å². The average molecular weight is 1060 g/mol. The van der Waals surface area contributed by atoms with Crippen LogP contribution in [-0.2, 0) is 38.4 Å². The Kier molecular flexibility index (Phi) is 50.1. The van der Waals surface area contributed by atoms with Gasteiger partial charge in [-0.1, -0.05) is 118 Å². The summed E-state index contributed by atoms with van der Waals surface area (Å²) in [6.45, 7) is 43.0. The van der Waals surface area contributed by atoms with Gasteiger partial charge in [0.1, 0.15) is 18.9 Å². The van der Waals surface area contributed by atoms with Gasteiger partial charge < -0.3 is 54.8 Å². The van der Waals surface area contributed by atoms with Crippen LogP contribution in [0.5, 0.6) is 0 Å². The van der Waals surface area contributed by atoms with E-state index in [0.29, 0.717) is 70.6 Å². The number of nitrogens with one attached hydrogen (secondary N) is 3. The second-order valence-corrected chi connectivity index (χ2v) is 21.3. The standard InChI is InChI=1S/C29H54N4O4.2C7H14N2O2.C6H15N.3C2H6.H2S/c1-21-29(11,26(5,6)20-34)33(21)18-17-31-22(35)15-13-14-16-30-23(36)19-32(12)24(37)27(7,8)28(9,10)25(2,3)4;2*1-8(2)6-7(11)9(3)4-5-10;1-6(2)4-5-7-3;3*1-2;/h20-21H,13-19H2,1-12H3,(H,30,36)(H,31,35);2*5H,4,6H2,1-3H3;6-7H,4-5H2,1-3H3;3*1-2H3;1H2. The van der Waals surface area contributed by atoms with Crippen molar-refractivity contribution < 1.29 is 38.4 Å². The number of likely N-dealkylation sites (N-methyl/N-ethyl adjacent to an activating group) is 5. The number of amides is 5. The molecule has 0 aliphatic carbocycles. The summed E-state index contributed by atoms with van der Waals surface area (Å²) in [6.07, 6.45) is 5.50. The molecule has 18 heteroatoms. The van der Waals surface area contributed by atoms with Crippen LogP contribution in [0.4, 0.5) is 0 Å². The summed E-state index contributed by atoms with van der Waals surface area (Å²) in [5.41, 5.74) is -1.59. The molecule has 0 bridgehead atoms. The van der Waals surface area contributed by atoms with Crippen molar-refractivity contribution in [1.29, 1.82) is 0 Å². The molecule has 0 radical (unpaired) electrons. The van der Waals surface area contributed by atoms with Crippen molar-refractivity contribution in [3.8, 4) is 0 Å². The Morgan fingerprint density at radius 1 is 0.630 bits per heavy atom. The second-order valence-electron chi connectivity index (χ2n) is 21.3. The fourth-order valence-corrected chi connectivity index (χ4v) is 6.80. The van der Waals surface area contributed by atoms with Crippen molar-refractivity contribution >= 4 is 61.9 Å². The van der Waals surface area contributed by atoms with Crippen LogP contribution in [0.2, 0.25) is 0 Å². The number of aldehydes is 3. The van der Waals surface area contributed by atoms with E-state index in [1.807, 2.05) is 104 Å². The lowest BCUT2D eigenvalue weighted by molar-refractivity contribution is -0.153. The number of rotatable bonds is 25. The molecule has 0 spiro atoms. The maximum absolute atomic E-state index is 13.2. The molecule has 1 rings (SSSR count). The van der Waals surface area contributed by atoms with Crippen LogP contribution >= 0.6 is 13.5 Å². The largest absolute Gasteiger partial charge is 0.355 e. The van der Waals surface area contributed by atoms with Gasteiger partial charge in [-0.25, -0.2) is 0 Å². The van der Waals surface area contributed by atoms with Crippen molar-refractivity contribution in [2.24, 2.45) is 27.6 Å². The number of hydrogen-bond acceptors (Lipinski definition) is 12. The number of hydrogen-bond donors (Lipinski definition) is 3. The maximum atomic E-state index is 13.2. The molecule has 3 N–H and O–H groups in total. The van der Waals surface area contributed by atoms with Crippen molar-refractivity contribution in [2.45, 2.75) is 169 Å². The normalized spacial score (nSPS) is 15.5. The van der Waals surface area contributed by atoms with E-state index < -0.39 is 10.8 Å². The van der Waals surface area contributed by atoms with Crippen molar-refractivity contribution in [2.75, 3.05) is 115 Å². The monoisotopic (exact) mass is 1060 g/mol. The van der Waals surface area contributed by atoms with Crippen LogP contribution in [0.15, 0.2) is 0 Å². The molecule has 1 heterocycles. The van der Waals surface area contributed by atoms with Crippen molar-refractivity contribution in [1.82, 2.24) is 45.3 Å². The van der Waals surface area contributed by atoms with Crippen LogP contribution in [0.25, 0.3) is 0 Å². The third-order valence-corrected chi connectivity index (χ3v) is 13.4. The average Bonchev–Trinajstić information content (AvgIpc) is 3.85. The zero-order valence-electron chi connectivity index (χ0n) is 52.0. The van der Waals surface area contributed by atoms with Gasteiger partial charge >= 0.3 is 0 Å². The molecule has 0 aromatic heterocycles. The summed E-state index contributed by atoms with van der Waals surface area (Å²) in [6, 6.07) is 0.304. The minimum Gasteiger partial charge on any atom is -0.355 e. The molecule has 1 aliphatic heterocycles. The van der Waals surface area contributed by atoms with E-state index in [1.165, 1.54) is 21.1 Å². The number of unbranched alkanes of at least 4 members (excludes halogenated alkanes) is 1. The smallest absolute Gasteiger partial charge is 0.239 e. The number of nitrogens with zero attached hydrogens (tertiary/aromatic N) is 6. The highest BCUT2D eigenvalue weighted by Crippen LogP contribution is 2.52. The van der Waals surface area contributed by atoms with E-state index in [4.69, 9.17) is 0 Å². The van der Waals surface area contributed by atoms with Gasteiger partial charge in [-0.2, -0.15) is 13.5 Å². The highest BCUT2D eigenvalue weighted by atomic mass is 32.1. The van der Waals surface area contributed by atoms with Gasteiger partial charge in [-0.05, 0) is 91.6 Å². The number of carbonyl (C=O) groups is 8. The Bertz CT molecular complexity index is 1470. The van der Waals surface area contributed by atoms with E-state index in [9.17, 15) is 38.4 Å². The molecule has 1 saturated heterocycles. The van der Waals surface area contributed by atoms with Gasteiger partial charge in [0.05, 0.1) is 32.7 Å². The molecule has 436 valence electrons. The van der Waals surface area contributed by atoms with Gasteiger partial charge in [-0.15, -0.1) is 0 Å². The van der Waals surface area contributed by atoms with Crippen LogP contribution in [0, 0.1) is 27.6 Å². The first-order valence-electron chi connectivity index (χ1n) is 26.4. The van der Waals surface area contributed by atoms with Crippen LogP contribution in [0.1, 0.15) is 157 Å². The van der Waals surface area contributed by atoms with E-state index in [2.05, 4.69) is 83.2 Å². The van der Waals surface area contributed by atoms with Crippen LogP contribution in [0.3, 0.4) is 0 Å². The first-order valence-corrected chi connectivity index (χ1v) is 26.4. The van der Waals surface area contributed by atoms with Crippen LogP contribution < -0.4 is 16.0 Å². The van der Waals surface area contributed by atoms with Crippen molar-refractivity contribution in [3.63, 3.8) is 0 Å². The summed E-state index contributed by atoms with van der Waals surface area (Å²) in [4.78, 5) is 101. The van der Waals surface area contributed by atoms with E-state index in [-0.39, 0.29) is 79.0 Å². The Balaban J connectivity index is -0.000000196. The van der Waals surface area contributed by atoms with Gasteiger partial charge in [0.15, 0.2) is 0 Å². The number of carbonyl (C=O) groups excluding carboxylic acids is 8. The molecular weight excluding hydrogens is 947 g/mol. The molecular formula is C55H117N9O8S. The highest BCUT2D eigenvalue weighted by Gasteiger charge is 2.63. The molecule has 1 aliphatic rings. The van der Waals surface area contributed by atoms with Gasteiger partial charge in [-0.3, -0.25) is 28.9 Å². The predicted molar refractivity (Wildman–Crippen MR) is 311 cm³/mol. The Morgan fingerprint density at radius 3 is 1.37 bits per heavy atom. The zero-order chi connectivity index (χ0) is 58.4. The molecule has 17 nitrogen and oxygen atoms in total. The fraction of sp³-hybridized carbons (Fsp3) is 0.855. The second kappa shape index (κ2) is 43.8. The molecule has 0 aromatic rings. The lowest BCUT2D eigenvalue weighted by atomic mass is 9.55. The quantitative estimate of drug-likeness (QED) is 0.0513. The Hall–Kier alpha value is -3.45. The van der Waals surface area contributed by atoms with Crippen molar-refractivity contribution in [3.05, 3.63) is 0 Å². The first kappa shape index (κ1) is 83.5. The molecule has 3 atom stereocenters. The predicted octanol–water partition coefficient (Wildman–Crippen LogP) is 6.49. The minimum atomic E-state index is -0.633. The summed E-state index contributed by atoms with van der Waals surface area (Å²) < 4.78 is 0. The molecule has 3 unspecified atom stereocenters. The van der Waals surface area contributed by atoms with E-state index in [1.54, 1.807) is 30.9 Å². The van der Waals surface area contributed by atoms with Crippen LogP contribution in [-0.4, -0.2) is 205 Å². The van der Waals surface area contributed by atoms with E-state index >= 15 is 0 Å². The maximum Gasteiger partial charge on any atom is 0.239 e. The topological polar surface area (TPSA) is 192 Å². The third-order valence-electron chi connectivity index (χ3n) is 13.4. The Labute approximate surface area is 455 Å². The minimum absolute atomic E-state index is 0. The first-order chi connectivity index (χ1) is 33.1. The van der Waals surface area contributed by atoms with Gasteiger partial charge in [0.25, 0.3) is 0 Å². The lowest BCUT2D eigenvalue weighted by Crippen LogP contribution is -2.53. The Morgan fingerprint density at radius 2 is 1.04 bits per heavy atom. The lowest BCUT2D eigenvalue weighted by Gasteiger charge is -2.50. The van der Waals surface area contributed by atoms with Gasteiger partial charge in [0, 0.05) is 69.6 Å². The third kappa shape index (κ3) is 34.0. The SMILES string of the molecule is CC.CC.CC.CC1N(CCNC(=O)CCCCNC(=O)CN(C)C(=O)C(C)(C)C(C)(C)C(C)(C)C)C1(C)C(C)(C)C=O.CN(C)CC(=O)N(C)CC=O.CN(C)CC(=O)N(C)CC=O.CNCCC(C)C.S. The zero-order valence-corrected chi connectivity index (χ0v) is 53.0. The molecule has 1 fully saturated rings. The summed E-state index contributed by atoms with van der Waals surface area (Å²) in [5, 5.41) is 8.92. The fourth-order valence-electron chi connectivity index (χ4n) is 6.80. The molecule has 73 heavy (non-hydrogen) atoms. The summed E-state index contributed by atoms with van der Waals surface area (Å²) in [7, 11) is 14.1. The molecule has 0 aromatic carbocycles. The summed E-state index contributed by atoms with van der Waals surface area (Å²) >= 11 is 0. The molecule has 5 amide bonds. The molecule has 0 saturated carbocycles. The van der Waals surface area contributed by atoms with E-state index in [0.717, 1.165) is 18.7 Å². The summed E-state index contributed by atoms with van der Waals surface area (Å²) in [5.74, 6) is 0.507.